The molecule has 2 heterocycles. The molecule has 0 saturated heterocycles. The van der Waals surface area contributed by atoms with Gasteiger partial charge in [-0.3, -0.25) is 4.79 Å². The van der Waals surface area contributed by atoms with Crippen LogP contribution in [-0.2, 0) is 6.54 Å². The maximum atomic E-state index is 13.1. The fourth-order valence-electron chi connectivity index (χ4n) is 3.27. The SMILES string of the molecule is Cc1cc(C(=O)CSc2nnc(-c3ccc(F)cc3)o2)c(C)n1Cc1ccccc1. The van der Waals surface area contributed by atoms with E-state index in [1.165, 1.54) is 29.5 Å². The molecule has 0 amide bonds. The molecule has 0 N–H and O–H groups in total. The monoisotopic (exact) mass is 421 g/mol. The van der Waals surface area contributed by atoms with Gasteiger partial charge < -0.3 is 8.98 Å². The highest BCUT2D eigenvalue weighted by Gasteiger charge is 2.18. The highest BCUT2D eigenvalue weighted by Crippen LogP contribution is 2.25. The van der Waals surface area contributed by atoms with Gasteiger partial charge in [0, 0.05) is 29.1 Å². The highest BCUT2D eigenvalue weighted by atomic mass is 32.2. The van der Waals surface area contributed by atoms with Crippen molar-refractivity contribution in [1.82, 2.24) is 14.8 Å². The molecule has 4 aromatic rings. The molecule has 7 heteroatoms. The molecular weight excluding hydrogens is 401 g/mol. The van der Waals surface area contributed by atoms with Gasteiger partial charge in [-0.1, -0.05) is 42.1 Å². The highest BCUT2D eigenvalue weighted by molar-refractivity contribution is 7.99. The Morgan fingerprint density at radius 3 is 2.53 bits per heavy atom. The summed E-state index contributed by atoms with van der Waals surface area (Å²) in [6.07, 6.45) is 0. The van der Waals surface area contributed by atoms with Gasteiger partial charge in [0.2, 0.25) is 5.89 Å². The van der Waals surface area contributed by atoms with Crippen LogP contribution >= 0.6 is 11.8 Å². The minimum absolute atomic E-state index is 0.00828. The lowest BCUT2D eigenvalue weighted by molar-refractivity contribution is 0.102. The summed E-state index contributed by atoms with van der Waals surface area (Å²) < 4.78 is 20.8. The van der Waals surface area contributed by atoms with Crippen molar-refractivity contribution in [3.8, 4) is 11.5 Å². The number of carbonyl (C=O) groups is 1. The molecule has 0 saturated carbocycles. The standard InChI is InChI=1S/C23H20FN3O2S/c1-15-12-20(16(2)27(15)13-17-6-4-3-5-7-17)21(28)14-30-23-26-25-22(29-23)18-8-10-19(24)11-9-18/h3-12H,13-14H2,1-2H3. The van der Waals surface area contributed by atoms with Crippen molar-refractivity contribution < 1.29 is 13.6 Å². The minimum Gasteiger partial charge on any atom is -0.411 e. The van der Waals surface area contributed by atoms with Crippen LogP contribution in [0.5, 0.6) is 0 Å². The second kappa shape index (κ2) is 8.67. The lowest BCUT2D eigenvalue weighted by Crippen LogP contribution is -2.07. The third kappa shape index (κ3) is 4.36. The number of hydrogen-bond acceptors (Lipinski definition) is 5. The molecule has 0 aliphatic rings. The minimum atomic E-state index is -0.330. The largest absolute Gasteiger partial charge is 0.411 e. The van der Waals surface area contributed by atoms with Gasteiger partial charge in [0.25, 0.3) is 5.22 Å². The van der Waals surface area contributed by atoms with E-state index in [0.717, 1.165) is 17.9 Å². The van der Waals surface area contributed by atoms with Crippen molar-refractivity contribution in [3.63, 3.8) is 0 Å². The molecule has 4 rings (SSSR count). The Hall–Kier alpha value is -3.19. The van der Waals surface area contributed by atoms with Crippen molar-refractivity contribution in [1.29, 1.82) is 0 Å². The van der Waals surface area contributed by atoms with Crippen LogP contribution in [0.25, 0.3) is 11.5 Å². The molecule has 0 aliphatic heterocycles. The average Bonchev–Trinajstić information content (AvgIpc) is 3.34. The normalized spacial score (nSPS) is 11.0. The number of hydrogen-bond donors (Lipinski definition) is 0. The predicted molar refractivity (Wildman–Crippen MR) is 114 cm³/mol. The van der Waals surface area contributed by atoms with Gasteiger partial charge in [-0.05, 0) is 49.7 Å². The first-order valence-corrected chi connectivity index (χ1v) is 10.5. The summed E-state index contributed by atoms with van der Waals surface area (Å²) in [7, 11) is 0. The molecule has 0 radical (unpaired) electrons. The Morgan fingerprint density at radius 2 is 1.80 bits per heavy atom. The first kappa shape index (κ1) is 20.1. The summed E-state index contributed by atoms with van der Waals surface area (Å²) in [6.45, 7) is 4.70. The third-order valence-electron chi connectivity index (χ3n) is 4.88. The lowest BCUT2D eigenvalue weighted by atomic mass is 10.2. The fraction of sp³-hybridized carbons (Fsp3) is 0.174. The van der Waals surface area contributed by atoms with Crippen molar-refractivity contribution >= 4 is 17.5 Å². The molecule has 30 heavy (non-hydrogen) atoms. The summed E-state index contributed by atoms with van der Waals surface area (Å²) in [5, 5.41) is 8.26. The van der Waals surface area contributed by atoms with E-state index >= 15 is 0 Å². The molecule has 152 valence electrons. The molecular formula is C23H20FN3O2S. The summed E-state index contributed by atoms with van der Waals surface area (Å²) in [6, 6.07) is 17.9. The van der Waals surface area contributed by atoms with E-state index < -0.39 is 0 Å². The van der Waals surface area contributed by atoms with Crippen LogP contribution in [0.2, 0.25) is 0 Å². The number of halogens is 1. The number of Topliss-reactive ketones (excluding diaryl/α,β-unsaturated/α-hetero) is 1. The Balaban J connectivity index is 1.43. The van der Waals surface area contributed by atoms with Gasteiger partial charge in [-0.2, -0.15) is 0 Å². The molecule has 0 bridgehead atoms. The Bertz CT molecular complexity index is 1170. The van der Waals surface area contributed by atoms with E-state index in [4.69, 9.17) is 4.42 Å². The molecule has 0 fully saturated rings. The number of nitrogens with zero attached hydrogens (tertiary/aromatic N) is 3. The van der Waals surface area contributed by atoms with Gasteiger partial charge >= 0.3 is 0 Å². The Kier molecular flexibility index (Phi) is 5.81. The van der Waals surface area contributed by atoms with Crippen LogP contribution in [0, 0.1) is 19.7 Å². The second-order valence-electron chi connectivity index (χ2n) is 6.95. The molecule has 2 aromatic carbocycles. The van der Waals surface area contributed by atoms with E-state index in [-0.39, 0.29) is 17.4 Å². The van der Waals surface area contributed by atoms with Crippen molar-refractivity contribution in [2.45, 2.75) is 25.6 Å². The quantitative estimate of drug-likeness (QED) is 0.299. The Morgan fingerprint density at radius 1 is 1.07 bits per heavy atom. The van der Waals surface area contributed by atoms with Gasteiger partial charge in [0.1, 0.15) is 5.82 Å². The Labute approximate surface area is 177 Å². The molecule has 0 unspecified atom stereocenters. The number of aryl methyl sites for hydroxylation is 1. The lowest BCUT2D eigenvalue weighted by Gasteiger charge is -2.09. The van der Waals surface area contributed by atoms with Gasteiger partial charge in [0.05, 0.1) is 5.75 Å². The molecule has 2 aromatic heterocycles. The van der Waals surface area contributed by atoms with Gasteiger partial charge in [-0.25, -0.2) is 4.39 Å². The van der Waals surface area contributed by atoms with Gasteiger partial charge in [0.15, 0.2) is 5.78 Å². The van der Waals surface area contributed by atoms with Crippen LogP contribution in [-0.4, -0.2) is 26.3 Å². The van der Waals surface area contributed by atoms with Crippen LogP contribution in [0.1, 0.15) is 27.3 Å². The van der Waals surface area contributed by atoms with Crippen LogP contribution < -0.4 is 0 Å². The zero-order chi connectivity index (χ0) is 21.1. The fourth-order valence-corrected chi connectivity index (χ4v) is 3.92. The number of benzene rings is 2. The summed E-state index contributed by atoms with van der Waals surface area (Å²) in [5.74, 6) is 0.170. The van der Waals surface area contributed by atoms with Gasteiger partial charge in [-0.15, -0.1) is 10.2 Å². The number of thioether (sulfide) groups is 1. The topological polar surface area (TPSA) is 60.9 Å². The number of carbonyl (C=O) groups excluding carboxylic acids is 1. The maximum Gasteiger partial charge on any atom is 0.277 e. The van der Waals surface area contributed by atoms with Crippen LogP contribution in [0.15, 0.2) is 70.3 Å². The second-order valence-corrected chi connectivity index (χ2v) is 7.88. The smallest absolute Gasteiger partial charge is 0.277 e. The van der Waals surface area contributed by atoms with Crippen molar-refractivity contribution in [2.75, 3.05) is 5.75 Å². The van der Waals surface area contributed by atoms with E-state index in [0.29, 0.717) is 22.2 Å². The first-order valence-electron chi connectivity index (χ1n) is 9.47. The zero-order valence-electron chi connectivity index (χ0n) is 16.6. The van der Waals surface area contributed by atoms with Crippen molar-refractivity contribution in [2.24, 2.45) is 0 Å². The van der Waals surface area contributed by atoms with Crippen LogP contribution in [0.4, 0.5) is 4.39 Å². The van der Waals surface area contributed by atoms with E-state index in [1.807, 2.05) is 38.1 Å². The number of rotatable bonds is 7. The van der Waals surface area contributed by atoms with E-state index in [2.05, 4.69) is 26.9 Å². The zero-order valence-corrected chi connectivity index (χ0v) is 17.4. The van der Waals surface area contributed by atoms with Crippen LogP contribution in [0.3, 0.4) is 0 Å². The summed E-state index contributed by atoms with van der Waals surface area (Å²) >= 11 is 1.20. The summed E-state index contributed by atoms with van der Waals surface area (Å²) in [4.78, 5) is 12.8. The summed E-state index contributed by atoms with van der Waals surface area (Å²) in [5.41, 5.74) is 4.51. The predicted octanol–water partition coefficient (Wildman–Crippen LogP) is 5.32. The van der Waals surface area contributed by atoms with Crippen molar-refractivity contribution in [3.05, 3.63) is 89.0 Å². The molecule has 0 atom stereocenters. The first-order chi connectivity index (χ1) is 14.5. The van der Waals surface area contributed by atoms with E-state index in [9.17, 15) is 9.18 Å². The van der Waals surface area contributed by atoms with E-state index in [1.54, 1.807) is 12.1 Å². The molecule has 0 aliphatic carbocycles. The molecule has 5 nitrogen and oxygen atoms in total. The maximum absolute atomic E-state index is 13.1. The third-order valence-corrected chi connectivity index (χ3v) is 5.70. The average molecular weight is 421 g/mol. The number of ketones is 1. The number of aromatic nitrogens is 3. The molecule has 0 spiro atoms.